The lowest BCUT2D eigenvalue weighted by atomic mass is 9.84. The Labute approximate surface area is 229 Å². The fourth-order valence-corrected chi connectivity index (χ4v) is 6.45. The monoisotopic (exact) mass is 585 g/mol. The van der Waals surface area contributed by atoms with Crippen LogP contribution in [0.25, 0.3) is 0 Å². The summed E-state index contributed by atoms with van der Waals surface area (Å²) in [5.41, 5.74) is 1.96. The molecule has 216 valence electrons. The minimum absolute atomic E-state index is 0.00225. The lowest BCUT2D eigenvalue weighted by Gasteiger charge is -2.26. The Kier molecular flexibility index (Phi) is 9.57. The van der Waals surface area contributed by atoms with E-state index in [9.17, 15) is 31.2 Å². The maximum atomic E-state index is 13.0. The summed E-state index contributed by atoms with van der Waals surface area (Å²) in [7, 11) is -7.90. The summed E-state index contributed by atoms with van der Waals surface area (Å²) >= 11 is 0. The van der Waals surface area contributed by atoms with Crippen LogP contribution in [0.3, 0.4) is 0 Å². The number of amides is 2. The normalized spacial score (nSPS) is 18.2. The largest absolute Gasteiger partial charge is 0.344 e. The second kappa shape index (κ2) is 12.1. The van der Waals surface area contributed by atoms with E-state index >= 15 is 0 Å². The van der Waals surface area contributed by atoms with Crippen LogP contribution in [-0.4, -0.2) is 63.1 Å². The van der Waals surface area contributed by atoms with Crippen LogP contribution in [0.5, 0.6) is 0 Å². The Hall–Kier alpha value is -2.81. The van der Waals surface area contributed by atoms with Crippen LogP contribution in [0, 0.1) is 0 Å². The zero-order valence-electron chi connectivity index (χ0n) is 22.3. The van der Waals surface area contributed by atoms with E-state index in [1.165, 1.54) is 6.07 Å². The Balaban J connectivity index is 1.55. The first-order valence-electron chi connectivity index (χ1n) is 12.8. The molecule has 0 unspecified atom stereocenters. The molecule has 2 aliphatic heterocycles. The van der Waals surface area contributed by atoms with Crippen molar-refractivity contribution >= 4 is 43.6 Å². The third-order valence-corrected chi connectivity index (χ3v) is 9.04. The number of fused-ring (bicyclic) bond motifs is 1. The average molecular weight is 586 g/mol. The van der Waals surface area contributed by atoms with Gasteiger partial charge in [-0.1, -0.05) is 26.3 Å². The van der Waals surface area contributed by atoms with E-state index in [2.05, 4.69) is 4.72 Å². The van der Waals surface area contributed by atoms with Gasteiger partial charge in [-0.05, 0) is 49.9 Å². The van der Waals surface area contributed by atoms with Gasteiger partial charge in [0, 0.05) is 49.2 Å². The Morgan fingerprint density at radius 2 is 1.74 bits per heavy atom. The van der Waals surface area contributed by atoms with E-state index in [1.54, 1.807) is 12.1 Å². The van der Waals surface area contributed by atoms with Gasteiger partial charge < -0.3 is 9.74 Å². The Morgan fingerprint density at radius 3 is 2.36 bits per heavy atom. The molecule has 0 aromatic heterocycles. The number of hydrogen-bond acceptors (Lipinski definition) is 9. The fraction of sp³-hybridized carbons (Fsp3) is 0.560. The van der Waals surface area contributed by atoms with Crippen LogP contribution in [0.1, 0.15) is 71.3 Å². The summed E-state index contributed by atoms with van der Waals surface area (Å²) in [4.78, 5) is 41.7. The van der Waals surface area contributed by atoms with E-state index in [-0.39, 0.29) is 42.9 Å². The molecule has 2 amide bonds. The number of rotatable bonds is 13. The van der Waals surface area contributed by atoms with Gasteiger partial charge in [0.25, 0.3) is 21.9 Å². The molecule has 0 saturated carbocycles. The van der Waals surface area contributed by atoms with Gasteiger partial charge in [-0.3, -0.25) is 14.1 Å². The topological polar surface area (TPSA) is 167 Å². The number of carbonyl (C=O) groups excluding carboxylic acids is 3. The second-order valence-corrected chi connectivity index (χ2v) is 13.4. The molecule has 0 spiro atoms. The predicted octanol–water partition coefficient (Wildman–Crippen LogP) is 2.41. The van der Waals surface area contributed by atoms with Crippen molar-refractivity contribution in [2.45, 2.75) is 76.0 Å². The van der Waals surface area contributed by atoms with Crippen molar-refractivity contribution in [2.24, 2.45) is 0 Å². The highest BCUT2D eigenvalue weighted by Gasteiger charge is 2.40. The maximum absolute atomic E-state index is 13.0. The van der Waals surface area contributed by atoms with Crippen molar-refractivity contribution < 1.29 is 40.6 Å². The molecule has 1 aromatic rings. The number of nitrogens with zero attached hydrogens (tertiary/aromatic N) is 2. The molecule has 2 N–H and O–H groups in total. The van der Waals surface area contributed by atoms with E-state index in [0.29, 0.717) is 30.9 Å². The molecular weight excluding hydrogens is 550 g/mol. The smallest absolute Gasteiger partial charge is 0.333 e. The van der Waals surface area contributed by atoms with Crippen LogP contribution < -0.4 is 9.62 Å². The van der Waals surface area contributed by atoms with Crippen molar-refractivity contribution in [1.82, 2.24) is 9.79 Å². The molecule has 0 atom stereocenters. The van der Waals surface area contributed by atoms with Gasteiger partial charge in [0.05, 0.1) is 10.6 Å². The minimum atomic E-state index is -4.08. The SMILES string of the molecule is CC=C1N(CCCS(=O)(=O)O)c2ccc(S(=O)(=O)NCCCCCC(=O)ON3C(=O)CCC3=O)cc2C1(C)C. The fourth-order valence-electron chi connectivity index (χ4n) is 4.85. The van der Waals surface area contributed by atoms with Crippen LogP contribution in [-0.2, 0) is 44.8 Å². The van der Waals surface area contributed by atoms with Gasteiger partial charge in [-0.25, -0.2) is 17.9 Å². The van der Waals surface area contributed by atoms with Crippen molar-refractivity contribution in [1.29, 1.82) is 0 Å². The summed E-state index contributed by atoms with van der Waals surface area (Å²) < 4.78 is 59.9. The Morgan fingerprint density at radius 1 is 1.08 bits per heavy atom. The van der Waals surface area contributed by atoms with Gasteiger partial charge in [0.2, 0.25) is 10.0 Å². The number of imide groups is 1. The number of sulfonamides is 1. The zero-order valence-corrected chi connectivity index (χ0v) is 23.9. The lowest BCUT2D eigenvalue weighted by Crippen LogP contribution is -2.31. The molecule has 0 aliphatic carbocycles. The first-order chi connectivity index (χ1) is 18.2. The van der Waals surface area contributed by atoms with Gasteiger partial charge in [0.1, 0.15) is 0 Å². The summed E-state index contributed by atoms with van der Waals surface area (Å²) in [5, 5.41) is 0.506. The molecule has 3 rings (SSSR count). The van der Waals surface area contributed by atoms with Crippen LogP contribution in [0.2, 0.25) is 0 Å². The number of hydrogen-bond donors (Lipinski definition) is 2. The average Bonchev–Trinajstić information content (AvgIpc) is 3.27. The molecule has 0 radical (unpaired) electrons. The molecule has 2 aliphatic rings. The van der Waals surface area contributed by atoms with Crippen molar-refractivity contribution in [3.8, 4) is 0 Å². The van der Waals surface area contributed by atoms with E-state index in [1.807, 2.05) is 31.7 Å². The lowest BCUT2D eigenvalue weighted by molar-refractivity contribution is -0.197. The van der Waals surface area contributed by atoms with Crippen LogP contribution in [0.4, 0.5) is 5.69 Å². The second-order valence-electron chi connectivity index (χ2n) is 10.0. The maximum Gasteiger partial charge on any atom is 0.333 e. The molecule has 0 bridgehead atoms. The first-order valence-corrected chi connectivity index (χ1v) is 15.9. The number of anilines is 1. The third-order valence-electron chi connectivity index (χ3n) is 6.78. The number of benzene rings is 1. The highest BCUT2D eigenvalue weighted by molar-refractivity contribution is 7.89. The number of carbonyl (C=O) groups is 3. The number of unbranched alkanes of at least 4 members (excludes halogenated alkanes) is 2. The molecule has 14 heteroatoms. The molecule has 39 heavy (non-hydrogen) atoms. The van der Waals surface area contributed by atoms with Crippen LogP contribution in [0.15, 0.2) is 34.9 Å². The third kappa shape index (κ3) is 7.44. The van der Waals surface area contributed by atoms with E-state index in [4.69, 9.17) is 9.39 Å². The highest BCUT2D eigenvalue weighted by atomic mass is 32.2. The summed E-state index contributed by atoms with van der Waals surface area (Å²) in [6, 6.07) is 4.83. The molecule has 2 heterocycles. The summed E-state index contributed by atoms with van der Waals surface area (Å²) in [6.07, 6.45) is 3.57. The van der Waals surface area contributed by atoms with Crippen LogP contribution >= 0.6 is 0 Å². The van der Waals surface area contributed by atoms with Crippen molar-refractivity contribution in [3.63, 3.8) is 0 Å². The van der Waals surface area contributed by atoms with Gasteiger partial charge in [-0.15, -0.1) is 5.06 Å². The van der Waals surface area contributed by atoms with E-state index in [0.717, 1.165) is 16.9 Å². The highest BCUT2D eigenvalue weighted by Crippen LogP contribution is 2.48. The molecule has 1 saturated heterocycles. The first kappa shape index (κ1) is 30.7. The molecule has 1 fully saturated rings. The van der Waals surface area contributed by atoms with Crippen molar-refractivity contribution in [3.05, 3.63) is 35.5 Å². The van der Waals surface area contributed by atoms with Gasteiger partial charge in [0.15, 0.2) is 0 Å². The molecule has 1 aromatic carbocycles. The summed E-state index contributed by atoms with van der Waals surface area (Å²) in [5.74, 6) is -2.13. The van der Waals surface area contributed by atoms with Gasteiger partial charge in [-0.2, -0.15) is 8.42 Å². The Bertz CT molecular complexity index is 1350. The number of hydroxylamine groups is 2. The van der Waals surface area contributed by atoms with Gasteiger partial charge >= 0.3 is 5.97 Å². The number of nitrogens with one attached hydrogen (secondary N) is 1. The minimum Gasteiger partial charge on any atom is -0.344 e. The number of allylic oxidation sites excluding steroid dienone is 2. The molecule has 12 nitrogen and oxygen atoms in total. The standard InChI is InChI=1S/C25H35N3O9S2/c1-4-21-25(2,3)19-17-18(10-11-20(19)27(21)15-8-16-38(32,33)34)39(35,36)26-14-7-5-6-9-24(31)37-28-22(29)12-13-23(28)30/h4,10-11,17,26H,5-9,12-16H2,1-3H3,(H,32,33,34). The summed E-state index contributed by atoms with van der Waals surface area (Å²) in [6.45, 7) is 6.30. The quantitative estimate of drug-likeness (QED) is 0.199. The molecular formula is C25H35N3O9S2. The van der Waals surface area contributed by atoms with Crippen molar-refractivity contribution in [2.75, 3.05) is 23.7 Å². The predicted molar refractivity (Wildman–Crippen MR) is 142 cm³/mol. The van der Waals surface area contributed by atoms with E-state index < -0.39 is 43.3 Å². The zero-order chi connectivity index (χ0) is 29.0.